The molecule has 4 nitrogen and oxygen atoms in total. The molecule has 0 spiro atoms. The zero-order valence-electron chi connectivity index (χ0n) is 7.51. The van der Waals surface area contributed by atoms with Crippen LogP contribution in [0.2, 0.25) is 0 Å². The number of aromatic nitrogens is 1. The van der Waals surface area contributed by atoms with Crippen molar-refractivity contribution in [1.82, 2.24) is 4.98 Å². The molecule has 0 aliphatic carbocycles. The van der Waals surface area contributed by atoms with Crippen LogP contribution in [0.3, 0.4) is 0 Å². The van der Waals surface area contributed by atoms with E-state index < -0.39 is 17.7 Å². The number of carbonyl (C=O) groups is 1. The fraction of sp³-hybridized carbons (Fsp3) is 0.333. The molecule has 0 saturated carbocycles. The topological polar surface area (TPSA) is 70.4 Å². The summed E-state index contributed by atoms with van der Waals surface area (Å²) < 4.78 is 13.1. The van der Waals surface area contributed by atoms with Gasteiger partial charge in [0.05, 0.1) is 0 Å². The van der Waals surface area contributed by atoms with Crippen molar-refractivity contribution in [3.05, 3.63) is 30.1 Å². The lowest BCUT2D eigenvalue weighted by atomic mass is 9.92. The Kier molecular flexibility index (Phi) is 2.81. The van der Waals surface area contributed by atoms with E-state index >= 15 is 0 Å². The third-order valence-electron chi connectivity index (χ3n) is 1.98. The van der Waals surface area contributed by atoms with Crippen molar-refractivity contribution in [3.8, 4) is 0 Å². The number of aliphatic hydroxyl groups is 1. The molecule has 76 valence electrons. The molecule has 0 amide bonds. The Balaban J connectivity index is 3.02. The summed E-state index contributed by atoms with van der Waals surface area (Å²) in [5.74, 6) is -1.69. The number of nitrogens with zero attached hydrogens (tertiary/aromatic N) is 1. The van der Waals surface area contributed by atoms with Gasteiger partial charge in [-0.1, -0.05) is 0 Å². The lowest BCUT2D eigenvalue weighted by Crippen LogP contribution is -2.39. The number of hydrogen-bond donors (Lipinski definition) is 2. The Hall–Kier alpha value is -1.49. The fourth-order valence-electron chi connectivity index (χ4n) is 1.08. The normalized spacial score (nSPS) is 17.1. The number of carboxylic acids is 1. The molecule has 2 unspecified atom stereocenters. The summed E-state index contributed by atoms with van der Waals surface area (Å²) in [6, 6.07) is 2.74. The summed E-state index contributed by atoms with van der Waals surface area (Å²) in [6.07, 6.45) is 0.362. The van der Waals surface area contributed by atoms with Crippen LogP contribution in [-0.2, 0) is 10.4 Å². The van der Waals surface area contributed by atoms with Crippen molar-refractivity contribution in [2.24, 2.45) is 0 Å². The predicted octanol–water partition coefficient (Wildman–Crippen LogP) is 0.712. The van der Waals surface area contributed by atoms with Crippen LogP contribution in [0.15, 0.2) is 24.5 Å². The van der Waals surface area contributed by atoms with Crippen molar-refractivity contribution in [1.29, 1.82) is 0 Å². The van der Waals surface area contributed by atoms with E-state index in [0.717, 1.165) is 6.92 Å². The number of aliphatic carboxylic acids is 1. The molecule has 0 saturated heterocycles. The molecule has 0 aromatic carbocycles. The molecule has 0 bridgehead atoms. The van der Waals surface area contributed by atoms with Crippen molar-refractivity contribution in [2.75, 3.05) is 0 Å². The maximum atomic E-state index is 13.1. The molecular weight excluding hydrogens is 189 g/mol. The van der Waals surface area contributed by atoms with Gasteiger partial charge in [-0.25, -0.2) is 9.18 Å². The molecule has 1 aromatic rings. The van der Waals surface area contributed by atoms with Gasteiger partial charge in [0, 0.05) is 12.4 Å². The van der Waals surface area contributed by atoms with Crippen LogP contribution in [0.4, 0.5) is 4.39 Å². The van der Waals surface area contributed by atoms with Gasteiger partial charge in [0.2, 0.25) is 6.17 Å². The molecule has 2 N–H and O–H groups in total. The summed E-state index contributed by atoms with van der Waals surface area (Å²) in [6.45, 7) is 1.11. The van der Waals surface area contributed by atoms with Crippen LogP contribution in [0, 0.1) is 0 Å². The molecule has 0 fully saturated rings. The van der Waals surface area contributed by atoms with Crippen LogP contribution in [0.1, 0.15) is 12.5 Å². The van der Waals surface area contributed by atoms with E-state index in [1.807, 2.05) is 0 Å². The minimum atomic E-state index is -2.36. The Morgan fingerprint density at radius 3 is 2.50 bits per heavy atom. The molecule has 14 heavy (non-hydrogen) atoms. The highest BCUT2D eigenvalue weighted by Crippen LogP contribution is 2.26. The number of alkyl halides is 1. The summed E-state index contributed by atoms with van der Waals surface area (Å²) in [5.41, 5.74) is -1.85. The largest absolute Gasteiger partial charge is 0.479 e. The van der Waals surface area contributed by atoms with Crippen LogP contribution < -0.4 is 0 Å². The van der Waals surface area contributed by atoms with Gasteiger partial charge in [0.15, 0.2) is 0 Å². The lowest BCUT2D eigenvalue weighted by molar-refractivity contribution is -0.153. The van der Waals surface area contributed by atoms with Crippen LogP contribution in [0.5, 0.6) is 0 Å². The summed E-state index contributed by atoms with van der Waals surface area (Å²) >= 11 is 0. The summed E-state index contributed by atoms with van der Waals surface area (Å²) in [7, 11) is 0. The van der Waals surface area contributed by atoms with Gasteiger partial charge in [-0.05, 0) is 24.6 Å². The van der Waals surface area contributed by atoms with Crippen LogP contribution in [-0.4, -0.2) is 27.3 Å². The van der Waals surface area contributed by atoms with E-state index in [-0.39, 0.29) is 5.56 Å². The molecule has 0 aliphatic rings. The SMILES string of the molecule is CC(O)(c1ccncc1)C(F)C(=O)O. The highest BCUT2D eigenvalue weighted by Gasteiger charge is 2.39. The second-order valence-electron chi connectivity index (χ2n) is 3.08. The van der Waals surface area contributed by atoms with Crippen molar-refractivity contribution in [2.45, 2.75) is 18.7 Å². The Morgan fingerprint density at radius 1 is 1.57 bits per heavy atom. The highest BCUT2D eigenvalue weighted by molar-refractivity contribution is 5.74. The number of hydrogen-bond acceptors (Lipinski definition) is 3. The predicted molar refractivity (Wildman–Crippen MR) is 46.3 cm³/mol. The quantitative estimate of drug-likeness (QED) is 0.752. The van der Waals surface area contributed by atoms with E-state index in [1.54, 1.807) is 0 Å². The average Bonchev–Trinajstić information content (AvgIpc) is 2.18. The molecule has 5 heteroatoms. The molecule has 1 rings (SSSR count). The molecule has 1 aromatic heterocycles. The highest BCUT2D eigenvalue weighted by atomic mass is 19.1. The Labute approximate surface area is 80.0 Å². The Morgan fingerprint density at radius 2 is 2.07 bits per heavy atom. The summed E-state index contributed by atoms with van der Waals surface area (Å²) in [5, 5.41) is 18.1. The van der Waals surface area contributed by atoms with Crippen LogP contribution in [0.25, 0.3) is 0 Å². The number of carboxylic acid groups (broad SMARTS) is 1. The van der Waals surface area contributed by atoms with Gasteiger partial charge < -0.3 is 10.2 Å². The van der Waals surface area contributed by atoms with E-state index in [4.69, 9.17) is 5.11 Å². The first-order valence-corrected chi connectivity index (χ1v) is 3.96. The van der Waals surface area contributed by atoms with Gasteiger partial charge in [-0.15, -0.1) is 0 Å². The molecule has 0 aliphatic heterocycles. The zero-order valence-corrected chi connectivity index (χ0v) is 7.51. The molecule has 2 atom stereocenters. The number of pyridine rings is 1. The van der Waals surface area contributed by atoms with Crippen molar-refractivity contribution < 1.29 is 19.4 Å². The lowest BCUT2D eigenvalue weighted by Gasteiger charge is -2.24. The third kappa shape index (κ3) is 1.88. The van der Waals surface area contributed by atoms with Crippen molar-refractivity contribution in [3.63, 3.8) is 0 Å². The van der Waals surface area contributed by atoms with Gasteiger partial charge in [-0.2, -0.15) is 0 Å². The first-order chi connectivity index (χ1) is 6.46. The maximum Gasteiger partial charge on any atom is 0.341 e. The second-order valence-corrected chi connectivity index (χ2v) is 3.08. The van der Waals surface area contributed by atoms with Gasteiger partial charge in [0.25, 0.3) is 0 Å². The van der Waals surface area contributed by atoms with E-state index in [2.05, 4.69) is 4.98 Å². The fourth-order valence-corrected chi connectivity index (χ4v) is 1.08. The monoisotopic (exact) mass is 199 g/mol. The van der Waals surface area contributed by atoms with Gasteiger partial charge in [0.1, 0.15) is 5.60 Å². The molecule has 0 radical (unpaired) electrons. The minimum absolute atomic E-state index is 0.183. The average molecular weight is 199 g/mol. The summed E-state index contributed by atoms with van der Waals surface area (Å²) in [4.78, 5) is 14.1. The third-order valence-corrected chi connectivity index (χ3v) is 1.98. The standard InChI is InChI=1S/C9H10FNO3/c1-9(14,7(10)8(12)13)6-2-4-11-5-3-6/h2-5,7,14H,1H3,(H,12,13). The first-order valence-electron chi connectivity index (χ1n) is 3.96. The number of rotatable bonds is 3. The van der Waals surface area contributed by atoms with E-state index in [0.29, 0.717) is 0 Å². The first kappa shape index (κ1) is 10.6. The second kappa shape index (κ2) is 3.71. The van der Waals surface area contributed by atoms with Crippen molar-refractivity contribution >= 4 is 5.97 Å². The molecular formula is C9H10FNO3. The van der Waals surface area contributed by atoms with Gasteiger partial charge in [-0.3, -0.25) is 4.98 Å². The van der Waals surface area contributed by atoms with Crippen LogP contribution >= 0.6 is 0 Å². The zero-order chi connectivity index (χ0) is 10.8. The van der Waals surface area contributed by atoms with E-state index in [1.165, 1.54) is 24.5 Å². The minimum Gasteiger partial charge on any atom is -0.479 e. The molecule has 1 heterocycles. The smallest absolute Gasteiger partial charge is 0.341 e. The van der Waals surface area contributed by atoms with E-state index in [9.17, 15) is 14.3 Å². The number of halogens is 1. The maximum absolute atomic E-state index is 13.1. The Bertz CT molecular complexity index is 326. The van der Waals surface area contributed by atoms with Gasteiger partial charge >= 0.3 is 5.97 Å².